The van der Waals surface area contributed by atoms with Gasteiger partial charge in [0, 0.05) is 23.5 Å². The van der Waals surface area contributed by atoms with Crippen molar-refractivity contribution in [1.29, 1.82) is 0 Å². The van der Waals surface area contributed by atoms with Gasteiger partial charge >= 0.3 is 6.18 Å². The van der Waals surface area contributed by atoms with E-state index in [4.69, 9.17) is 0 Å². The molecule has 0 saturated heterocycles. The highest BCUT2D eigenvalue weighted by Crippen LogP contribution is 2.40. The first-order chi connectivity index (χ1) is 10.5. The van der Waals surface area contributed by atoms with Gasteiger partial charge < -0.3 is 0 Å². The maximum Gasteiger partial charge on any atom is 0.435 e. The minimum Gasteiger partial charge on any atom is -0.277 e. The van der Waals surface area contributed by atoms with Gasteiger partial charge in [-0.2, -0.15) is 18.3 Å². The number of aromatic nitrogens is 3. The summed E-state index contributed by atoms with van der Waals surface area (Å²) in [6, 6.07) is 8.08. The van der Waals surface area contributed by atoms with Crippen molar-refractivity contribution in [2.24, 2.45) is 0 Å². The van der Waals surface area contributed by atoms with Crippen LogP contribution in [0.15, 0.2) is 48.8 Å². The number of aromatic amines is 1. The first-order valence-electron chi connectivity index (χ1n) is 6.28. The van der Waals surface area contributed by atoms with Crippen molar-refractivity contribution in [1.82, 2.24) is 15.2 Å². The van der Waals surface area contributed by atoms with Crippen LogP contribution in [0.25, 0.3) is 22.4 Å². The van der Waals surface area contributed by atoms with E-state index in [-0.39, 0.29) is 11.3 Å². The first kappa shape index (κ1) is 14.2. The lowest BCUT2D eigenvalue weighted by atomic mass is 9.99. The molecule has 3 rings (SSSR count). The number of nitrogens with zero attached hydrogens (tertiary/aromatic N) is 2. The third-order valence-corrected chi connectivity index (χ3v) is 3.14. The van der Waals surface area contributed by atoms with E-state index in [9.17, 15) is 17.6 Å². The lowest BCUT2D eigenvalue weighted by Crippen LogP contribution is -2.07. The standard InChI is InChI=1S/C15H9F4N3/c16-11-3-1-10(2-4-11)13-12(9-5-7-20-8-6-9)14(22-21-13)15(17,18)19/h1-8H,(H,21,22). The molecule has 0 bridgehead atoms. The third-order valence-electron chi connectivity index (χ3n) is 3.14. The monoisotopic (exact) mass is 307 g/mol. The van der Waals surface area contributed by atoms with Gasteiger partial charge in [-0.05, 0) is 42.0 Å². The number of hydrogen-bond acceptors (Lipinski definition) is 2. The number of nitrogens with one attached hydrogen (secondary N) is 1. The molecule has 7 heteroatoms. The summed E-state index contributed by atoms with van der Waals surface area (Å²) in [5.74, 6) is -0.468. The lowest BCUT2D eigenvalue weighted by molar-refractivity contribution is -0.140. The Bertz CT molecular complexity index is 777. The van der Waals surface area contributed by atoms with Crippen molar-refractivity contribution >= 4 is 0 Å². The van der Waals surface area contributed by atoms with Crippen LogP contribution >= 0.6 is 0 Å². The van der Waals surface area contributed by atoms with Crippen molar-refractivity contribution in [2.45, 2.75) is 6.18 Å². The molecule has 3 nitrogen and oxygen atoms in total. The molecule has 0 amide bonds. The fourth-order valence-corrected chi connectivity index (χ4v) is 2.17. The molecule has 0 unspecified atom stereocenters. The summed E-state index contributed by atoms with van der Waals surface area (Å²) in [5, 5.41) is 5.80. The van der Waals surface area contributed by atoms with Gasteiger partial charge in [0.05, 0.1) is 5.69 Å². The van der Waals surface area contributed by atoms with Gasteiger partial charge in [-0.15, -0.1) is 0 Å². The summed E-state index contributed by atoms with van der Waals surface area (Å²) in [6.45, 7) is 0. The highest BCUT2D eigenvalue weighted by molar-refractivity contribution is 5.82. The second-order valence-electron chi connectivity index (χ2n) is 4.56. The Morgan fingerprint density at radius 2 is 1.50 bits per heavy atom. The summed E-state index contributed by atoms with van der Waals surface area (Å²) in [5.41, 5.74) is -0.176. The van der Waals surface area contributed by atoms with Crippen LogP contribution in [0.5, 0.6) is 0 Å². The molecule has 1 aromatic carbocycles. The molecule has 3 aromatic rings. The second kappa shape index (κ2) is 5.25. The molecule has 22 heavy (non-hydrogen) atoms. The van der Waals surface area contributed by atoms with Gasteiger partial charge in [-0.1, -0.05) is 0 Å². The molecular formula is C15H9F4N3. The summed E-state index contributed by atoms with van der Waals surface area (Å²) < 4.78 is 52.5. The Labute approximate surface area is 122 Å². The van der Waals surface area contributed by atoms with E-state index >= 15 is 0 Å². The number of benzene rings is 1. The average Bonchev–Trinajstić information content (AvgIpc) is 2.94. The van der Waals surface area contributed by atoms with Crippen molar-refractivity contribution in [3.05, 3.63) is 60.3 Å². The van der Waals surface area contributed by atoms with Crippen LogP contribution in [-0.2, 0) is 6.18 Å². The molecule has 0 aliphatic carbocycles. The fraction of sp³-hybridized carbons (Fsp3) is 0.0667. The largest absolute Gasteiger partial charge is 0.435 e. The zero-order valence-corrected chi connectivity index (χ0v) is 11.0. The molecule has 0 spiro atoms. The zero-order chi connectivity index (χ0) is 15.7. The minimum atomic E-state index is -4.60. The minimum absolute atomic E-state index is 0.0819. The average molecular weight is 307 g/mol. The van der Waals surface area contributed by atoms with Crippen LogP contribution in [0.4, 0.5) is 17.6 Å². The van der Waals surface area contributed by atoms with Gasteiger partial charge in [-0.25, -0.2) is 4.39 Å². The van der Waals surface area contributed by atoms with E-state index in [1.54, 1.807) is 0 Å². The van der Waals surface area contributed by atoms with E-state index in [1.165, 1.54) is 48.8 Å². The van der Waals surface area contributed by atoms with Crippen molar-refractivity contribution in [3.63, 3.8) is 0 Å². The van der Waals surface area contributed by atoms with Gasteiger partial charge in [0.25, 0.3) is 0 Å². The van der Waals surface area contributed by atoms with Crippen LogP contribution in [0.3, 0.4) is 0 Å². The van der Waals surface area contributed by atoms with E-state index in [2.05, 4.69) is 15.2 Å². The predicted molar refractivity (Wildman–Crippen MR) is 72.2 cm³/mol. The Balaban J connectivity index is 2.24. The maximum absolute atomic E-state index is 13.2. The molecule has 1 N–H and O–H groups in total. The highest BCUT2D eigenvalue weighted by Gasteiger charge is 2.38. The number of H-pyrrole nitrogens is 1. The fourth-order valence-electron chi connectivity index (χ4n) is 2.17. The topological polar surface area (TPSA) is 41.6 Å². The van der Waals surface area contributed by atoms with Crippen LogP contribution in [0.2, 0.25) is 0 Å². The van der Waals surface area contributed by atoms with E-state index in [0.29, 0.717) is 11.1 Å². The van der Waals surface area contributed by atoms with E-state index in [1.807, 2.05) is 0 Å². The summed E-state index contributed by atoms with van der Waals surface area (Å²) >= 11 is 0. The van der Waals surface area contributed by atoms with E-state index in [0.717, 1.165) is 0 Å². The van der Waals surface area contributed by atoms with Crippen molar-refractivity contribution < 1.29 is 17.6 Å². The summed E-state index contributed by atoms with van der Waals surface area (Å²) in [4.78, 5) is 3.80. The zero-order valence-electron chi connectivity index (χ0n) is 11.0. The summed E-state index contributed by atoms with van der Waals surface area (Å²) in [7, 11) is 0. The smallest absolute Gasteiger partial charge is 0.277 e. The van der Waals surface area contributed by atoms with Crippen LogP contribution < -0.4 is 0 Å². The molecule has 2 aromatic heterocycles. The Kier molecular flexibility index (Phi) is 3.40. The van der Waals surface area contributed by atoms with Crippen LogP contribution in [0, 0.1) is 5.82 Å². The number of rotatable bonds is 2. The number of halogens is 4. The number of pyridine rings is 1. The molecule has 112 valence electrons. The van der Waals surface area contributed by atoms with Gasteiger partial charge in [0.1, 0.15) is 5.82 Å². The molecular weight excluding hydrogens is 298 g/mol. The molecule has 0 radical (unpaired) electrons. The maximum atomic E-state index is 13.2. The molecule has 0 aliphatic heterocycles. The quantitative estimate of drug-likeness (QED) is 0.717. The summed E-state index contributed by atoms with van der Waals surface area (Å²) in [6.07, 6.45) is -1.80. The number of hydrogen-bond donors (Lipinski definition) is 1. The molecule has 0 aliphatic rings. The van der Waals surface area contributed by atoms with Crippen LogP contribution in [0.1, 0.15) is 5.69 Å². The second-order valence-corrected chi connectivity index (χ2v) is 4.56. The predicted octanol–water partition coefficient (Wildman–Crippen LogP) is 4.30. The molecule has 2 heterocycles. The van der Waals surface area contributed by atoms with E-state index < -0.39 is 17.7 Å². The van der Waals surface area contributed by atoms with Gasteiger partial charge in [-0.3, -0.25) is 10.1 Å². The Hall–Kier alpha value is -2.70. The normalized spacial score (nSPS) is 11.6. The highest BCUT2D eigenvalue weighted by atomic mass is 19.4. The molecule has 0 fully saturated rings. The van der Waals surface area contributed by atoms with Gasteiger partial charge in [0.15, 0.2) is 5.69 Å². The van der Waals surface area contributed by atoms with Gasteiger partial charge in [0.2, 0.25) is 0 Å². The lowest BCUT2D eigenvalue weighted by Gasteiger charge is -2.08. The Morgan fingerprint density at radius 3 is 2.09 bits per heavy atom. The van der Waals surface area contributed by atoms with Crippen LogP contribution in [-0.4, -0.2) is 15.2 Å². The molecule has 0 saturated carbocycles. The molecule has 0 atom stereocenters. The SMILES string of the molecule is Fc1ccc(-c2[nH]nc(C(F)(F)F)c2-c2ccncc2)cc1. The Morgan fingerprint density at radius 1 is 0.864 bits per heavy atom. The van der Waals surface area contributed by atoms with Crippen molar-refractivity contribution in [3.8, 4) is 22.4 Å². The third kappa shape index (κ3) is 2.57. The first-order valence-corrected chi connectivity index (χ1v) is 6.28. The number of alkyl halides is 3. The van der Waals surface area contributed by atoms with Crippen molar-refractivity contribution in [2.75, 3.05) is 0 Å².